The third-order valence-corrected chi connectivity index (χ3v) is 7.60. The Kier molecular flexibility index (Phi) is 6.26. The lowest BCUT2D eigenvalue weighted by Crippen LogP contribution is -2.26. The maximum absolute atomic E-state index is 13.0. The second kappa shape index (κ2) is 8.96. The van der Waals surface area contributed by atoms with Crippen LogP contribution >= 0.6 is 0 Å². The van der Waals surface area contributed by atoms with Gasteiger partial charge in [0.1, 0.15) is 0 Å². The number of carbonyl (C=O) groups excluding carboxylic acids is 1. The van der Waals surface area contributed by atoms with Crippen LogP contribution in [-0.4, -0.2) is 42.1 Å². The summed E-state index contributed by atoms with van der Waals surface area (Å²) in [5.41, 5.74) is 4.23. The Bertz CT molecular complexity index is 1180. The molecule has 7 nitrogen and oxygen atoms in total. The number of nitrogens with zero attached hydrogens (tertiary/aromatic N) is 1. The number of methoxy groups -OCH3 is 2. The van der Waals surface area contributed by atoms with Gasteiger partial charge in [-0.05, 0) is 68.0 Å². The number of rotatable bonds is 7. The quantitative estimate of drug-likeness (QED) is 0.645. The van der Waals surface area contributed by atoms with E-state index in [1.54, 1.807) is 50.4 Å². The maximum Gasteiger partial charge on any atom is 0.258 e. The first-order valence-corrected chi connectivity index (χ1v) is 12.2. The van der Waals surface area contributed by atoms with Gasteiger partial charge in [-0.2, -0.15) is 0 Å². The molecule has 0 spiro atoms. The molecule has 2 aliphatic rings. The molecule has 0 atom stereocenters. The maximum atomic E-state index is 13.0. The van der Waals surface area contributed by atoms with Gasteiger partial charge < -0.3 is 14.4 Å². The van der Waals surface area contributed by atoms with Gasteiger partial charge in [0, 0.05) is 24.7 Å². The highest BCUT2D eigenvalue weighted by Crippen LogP contribution is 2.42. The van der Waals surface area contributed by atoms with Gasteiger partial charge in [-0.15, -0.1) is 0 Å². The van der Waals surface area contributed by atoms with Crippen LogP contribution in [0.5, 0.6) is 11.5 Å². The molecule has 1 amide bonds. The summed E-state index contributed by atoms with van der Waals surface area (Å²) < 4.78 is 39.1. The first-order chi connectivity index (χ1) is 15.4. The van der Waals surface area contributed by atoms with E-state index < -0.39 is 10.0 Å². The van der Waals surface area contributed by atoms with E-state index in [4.69, 9.17) is 9.47 Å². The molecule has 0 radical (unpaired) electrons. The highest BCUT2D eigenvalue weighted by atomic mass is 32.2. The Balaban J connectivity index is 1.53. The van der Waals surface area contributed by atoms with Gasteiger partial charge in [0.2, 0.25) is 10.0 Å². The smallest absolute Gasteiger partial charge is 0.258 e. The first kappa shape index (κ1) is 22.4. The van der Waals surface area contributed by atoms with Crippen LogP contribution in [0, 0.1) is 0 Å². The zero-order chi connectivity index (χ0) is 22.9. The molecule has 4 rings (SSSR count). The van der Waals surface area contributed by atoms with E-state index in [-0.39, 0.29) is 17.3 Å². The molecule has 0 unspecified atom stereocenters. The van der Waals surface area contributed by atoms with E-state index in [0.717, 1.165) is 48.1 Å². The van der Waals surface area contributed by atoms with E-state index in [1.807, 2.05) is 12.1 Å². The molecule has 1 heterocycles. The number of ether oxygens (including phenoxy) is 2. The summed E-state index contributed by atoms with van der Waals surface area (Å²) in [5.74, 6) is 1.18. The number of carbonyl (C=O) groups is 1. The Morgan fingerprint density at radius 3 is 2.41 bits per heavy atom. The minimum atomic E-state index is -3.72. The Hall–Kier alpha value is -2.84. The van der Waals surface area contributed by atoms with Crippen LogP contribution in [0.15, 0.2) is 46.9 Å². The van der Waals surface area contributed by atoms with Gasteiger partial charge in [-0.1, -0.05) is 11.6 Å². The number of hydrogen-bond acceptors (Lipinski definition) is 5. The van der Waals surface area contributed by atoms with Gasteiger partial charge in [0.15, 0.2) is 11.5 Å². The number of fused-ring (bicyclic) bond motifs is 1. The number of nitrogens with one attached hydrogen (secondary N) is 1. The molecule has 0 aromatic heterocycles. The van der Waals surface area contributed by atoms with Gasteiger partial charge in [-0.3, -0.25) is 4.79 Å². The van der Waals surface area contributed by atoms with Gasteiger partial charge in [0.05, 0.1) is 24.8 Å². The van der Waals surface area contributed by atoms with Gasteiger partial charge in [0.25, 0.3) is 5.91 Å². The number of benzene rings is 2. The molecule has 8 heteroatoms. The van der Waals surface area contributed by atoms with E-state index in [0.29, 0.717) is 23.5 Å². The monoisotopic (exact) mass is 456 g/mol. The molecule has 2 aromatic rings. The van der Waals surface area contributed by atoms with Crippen LogP contribution in [0.4, 0.5) is 5.69 Å². The second-order valence-corrected chi connectivity index (χ2v) is 9.83. The van der Waals surface area contributed by atoms with Crippen molar-refractivity contribution >= 4 is 27.2 Å². The van der Waals surface area contributed by atoms with E-state index in [2.05, 4.69) is 4.72 Å². The van der Waals surface area contributed by atoms with Crippen LogP contribution in [0.1, 0.15) is 36.8 Å². The fourth-order valence-corrected chi connectivity index (χ4v) is 5.47. The molecule has 2 aromatic carbocycles. The number of amides is 1. The first-order valence-electron chi connectivity index (χ1n) is 10.7. The highest BCUT2D eigenvalue weighted by molar-refractivity contribution is 7.89. The largest absolute Gasteiger partial charge is 0.493 e. The topological polar surface area (TPSA) is 84.9 Å². The predicted molar refractivity (Wildman–Crippen MR) is 124 cm³/mol. The Morgan fingerprint density at radius 1 is 1.00 bits per heavy atom. The summed E-state index contributed by atoms with van der Waals surface area (Å²) in [6.45, 7) is 0.238. The summed E-state index contributed by atoms with van der Waals surface area (Å²) in [6.07, 6.45) is 4.44. The van der Waals surface area contributed by atoms with E-state index in [9.17, 15) is 13.2 Å². The minimum absolute atomic E-state index is 0.0483. The SMILES string of the molecule is COc1ccc(CCNS(=O)(=O)c2ccc3c(c2)C(=C2CCCC2)C(=O)N3C)cc1OC. The van der Waals surface area contributed by atoms with Crippen molar-refractivity contribution in [1.29, 1.82) is 0 Å². The lowest BCUT2D eigenvalue weighted by Gasteiger charge is -2.12. The van der Waals surface area contributed by atoms with E-state index in [1.165, 1.54) is 0 Å². The molecule has 1 aliphatic heterocycles. The van der Waals surface area contributed by atoms with Crippen molar-refractivity contribution < 1.29 is 22.7 Å². The summed E-state index contributed by atoms with van der Waals surface area (Å²) >= 11 is 0. The number of hydrogen-bond donors (Lipinski definition) is 1. The second-order valence-electron chi connectivity index (χ2n) is 8.07. The number of likely N-dealkylation sites (N-methyl/N-ethyl adjacent to an activating group) is 1. The molecule has 1 N–H and O–H groups in total. The van der Waals surface area contributed by atoms with Crippen LogP contribution in [-0.2, 0) is 21.2 Å². The van der Waals surface area contributed by atoms with Crippen LogP contribution < -0.4 is 19.1 Å². The zero-order valence-electron chi connectivity index (χ0n) is 18.6. The Labute approximate surface area is 189 Å². The number of allylic oxidation sites excluding steroid dienone is 1. The lowest BCUT2D eigenvalue weighted by molar-refractivity contribution is -0.112. The molecule has 1 saturated carbocycles. The van der Waals surface area contributed by atoms with Crippen molar-refractivity contribution in [3.63, 3.8) is 0 Å². The average Bonchev–Trinajstić information content (AvgIpc) is 3.40. The predicted octanol–water partition coefficient (Wildman–Crippen LogP) is 3.53. The molecule has 170 valence electrons. The van der Waals surface area contributed by atoms with Crippen molar-refractivity contribution in [3.8, 4) is 11.5 Å². The minimum Gasteiger partial charge on any atom is -0.493 e. The normalized spacial score (nSPS) is 16.0. The summed E-state index contributed by atoms with van der Waals surface area (Å²) in [7, 11) is 1.15. The molecular formula is C24H28N2O5S. The van der Waals surface area contributed by atoms with Gasteiger partial charge in [-0.25, -0.2) is 13.1 Å². The van der Waals surface area contributed by atoms with Crippen molar-refractivity contribution in [1.82, 2.24) is 4.72 Å². The Morgan fingerprint density at radius 2 is 1.72 bits per heavy atom. The molecule has 1 fully saturated rings. The summed E-state index contributed by atoms with van der Waals surface area (Å²) in [5, 5.41) is 0. The van der Waals surface area contributed by atoms with Crippen molar-refractivity contribution in [2.24, 2.45) is 0 Å². The highest BCUT2D eigenvalue weighted by Gasteiger charge is 2.34. The van der Waals surface area contributed by atoms with E-state index >= 15 is 0 Å². The van der Waals surface area contributed by atoms with Crippen LogP contribution in [0.3, 0.4) is 0 Å². The average molecular weight is 457 g/mol. The zero-order valence-corrected chi connectivity index (χ0v) is 19.4. The third kappa shape index (κ3) is 4.12. The fourth-order valence-electron chi connectivity index (χ4n) is 4.41. The van der Waals surface area contributed by atoms with Crippen molar-refractivity contribution in [2.75, 3.05) is 32.7 Å². The third-order valence-electron chi connectivity index (χ3n) is 6.14. The number of sulfonamides is 1. The van der Waals surface area contributed by atoms with Crippen molar-refractivity contribution in [2.45, 2.75) is 37.0 Å². The van der Waals surface area contributed by atoms with Crippen LogP contribution in [0.25, 0.3) is 5.57 Å². The van der Waals surface area contributed by atoms with Crippen molar-refractivity contribution in [3.05, 3.63) is 53.1 Å². The lowest BCUT2D eigenvalue weighted by atomic mass is 10.00. The summed E-state index contributed by atoms with van der Waals surface area (Å²) in [4.78, 5) is 14.6. The van der Waals surface area contributed by atoms with Crippen LogP contribution in [0.2, 0.25) is 0 Å². The number of anilines is 1. The summed E-state index contributed by atoms with van der Waals surface area (Å²) in [6, 6.07) is 10.4. The molecule has 1 aliphatic carbocycles. The molecule has 0 bridgehead atoms. The van der Waals surface area contributed by atoms with Gasteiger partial charge >= 0.3 is 0 Å². The molecule has 0 saturated heterocycles. The molecular weight excluding hydrogens is 428 g/mol. The standard InChI is InChI=1S/C24H28N2O5S/c1-26-20-10-9-18(15-19(20)23(24(26)27)17-6-4-5-7-17)32(28,29)25-13-12-16-8-11-21(30-2)22(14-16)31-3/h8-11,14-15,25H,4-7,12-13H2,1-3H3. The fraction of sp³-hybridized carbons (Fsp3) is 0.375. The molecule has 32 heavy (non-hydrogen) atoms.